The lowest BCUT2D eigenvalue weighted by Gasteiger charge is -2.56. The molecule has 1 aromatic rings. The van der Waals surface area contributed by atoms with Crippen molar-refractivity contribution in [3.63, 3.8) is 0 Å². The van der Waals surface area contributed by atoms with Crippen LogP contribution in [0.1, 0.15) is 51.4 Å². The molecule has 0 atom stereocenters. The van der Waals surface area contributed by atoms with E-state index in [4.69, 9.17) is 0 Å². The van der Waals surface area contributed by atoms with Crippen molar-refractivity contribution in [3.8, 4) is 0 Å². The summed E-state index contributed by atoms with van der Waals surface area (Å²) in [6.07, 6.45) is 9.88. The zero-order valence-corrected chi connectivity index (χ0v) is 16.6. The molecule has 4 nitrogen and oxygen atoms in total. The van der Waals surface area contributed by atoms with Crippen molar-refractivity contribution in [3.05, 3.63) is 24.3 Å². The molecule has 0 radical (unpaired) electrons. The van der Waals surface area contributed by atoms with E-state index in [2.05, 4.69) is 5.32 Å². The summed E-state index contributed by atoms with van der Waals surface area (Å²) in [7, 11) is 0. The highest BCUT2D eigenvalue weighted by Crippen LogP contribution is 2.60. The number of hydrogen-bond donors (Lipinski definition) is 1. The zero-order valence-electron chi connectivity index (χ0n) is 15.8. The van der Waals surface area contributed by atoms with Crippen molar-refractivity contribution >= 4 is 35.0 Å². The highest BCUT2D eigenvalue weighted by atomic mass is 32.2. The Kier molecular flexibility index (Phi) is 4.46. The van der Waals surface area contributed by atoms with Crippen molar-refractivity contribution in [2.75, 3.05) is 22.5 Å². The predicted molar refractivity (Wildman–Crippen MR) is 110 cm³/mol. The average Bonchev–Trinajstić information content (AvgIpc) is 3.06. The Morgan fingerprint density at radius 2 is 1.70 bits per heavy atom. The van der Waals surface area contributed by atoms with Gasteiger partial charge in [0, 0.05) is 29.1 Å². The van der Waals surface area contributed by atoms with Crippen molar-refractivity contribution in [1.29, 1.82) is 0 Å². The number of thioether (sulfide) groups is 1. The Hall–Kier alpha value is -1.49. The second-order valence-corrected chi connectivity index (χ2v) is 10.6. The van der Waals surface area contributed by atoms with Gasteiger partial charge in [0.05, 0.1) is 5.75 Å². The first-order valence-corrected chi connectivity index (χ1v) is 11.4. The standard InChI is InChI=1S/C22H28N2O2S/c25-20(14-27-22-11-15-8-16(12-22)10-17(9-15)13-22)23-18-3-5-19(6-4-18)24-7-1-2-21(24)26/h3-6,15-17H,1-2,7-14H2,(H,23,25). The number of carbonyl (C=O) groups is 2. The fourth-order valence-corrected chi connectivity index (χ4v) is 7.84. The van der Waals surface area contributed by atoms with Crippen LogP contribution in [0.15, 0.2) is 24.3 Å². The van der Waals surface area contributed by atoms with Gasteiger partial charge in [0.15, 0.2) is 0 Å². The number of nitrogens with one attached hydrogen (secondary N) is 1. The minimum Gasteiger partial charge on any atom is -0.325 e. The van der Waals surface area contributed by atoms with Gasteiger partial charge < -0.3 is 10.2 Å². The molecule has 1 saturated heterocycles. The lowest BCUT2D eigenvalue weighted by atomic mass is 9.56. The summed E-state index contributed by atoms with van der Waals surface area (Å²) in [6.45, 7) is 0.798. The van der Waals surface area contributed by atoms with E-state index in [0.29, 0.717) is 16.9 Å². The van der Waals surface area contributed by atoms with E-state index in [9.17, 15) is 9.59 Å². The minimum absolute atomic E-state index is 0.0979. The topological polar surface area (TPSA) is 49.4 Å². The minimum atomic E-state index is 0.0979. The number of anilines is 2. The van der Waals surface area contributed by atoms with Gasteiger partial charge >= 0.3 is 0 Å². The molecule has 6 rings (SSSR count). The van der Waals surface area contributed by atoms with Crippen LogP contribution in [-0.4, -0.2) is 28.9 Å². The van der Waals surface area contributed by atoms with Gasteiger partial charge in [-0.15, -0.1) is 11.8 Å². The molecule has 4 saturated carbocycles. The van der Waals surface area contributed by atoms with Crippen molar-refractivity contribution < 1.29 is 9.59 Å². The van der Waals surface area contributed by atoms with Gasteiger partial charge in [0.25, 0.3) is 0 Å². The first kappa shape index (κ1) is 17.6. The monoisotopic (exact) mass is 384 g/mol. The normalized spacial score (nSPS) is 34.3. The fourth-order valence-electron chi connectivity index (χ4n) is 6.27. The molecule has 4 bridgehead atoms. The molecular formula is C22H28N2O2S. The molecule has 1 aliphatic heterocycles. The molecular weight excluding hydrogens is 356 g/mol. The largest absolute Gasteiger partial charge is 0.325 e. The molecule has 5 aliphatic rings. The summed E-state index contributed by atoms with van der Waals surface area (Å²) < 4.78 is 0.381. The van der Waals surface area contributed by atoms with E-state index < -0.39 is 0 Å². The molecule has 0 aromatic heterocycles. The maximum Gasteiger partial charge on any atom is 0.234 e. The second kappa shape index (κ2) is 6.84. The smallest absolute Gasteiger partial charge is 0.234 e. The van der Waals surface area contributed by atoms with Crippen LogP contribution in [-0.2, 0) is 9.59 Å². The van der Waals surface area contributed by atoms with Crippen LogP contribution in [0.5, 0.6) is 0 Å². The number of rotatable bonds is 5. The van der Waals surface area contributed by atoms with Crippen LogP contribution < -0.4 is 10.2 Å². The first-order chi connectivity index (χ1) is 13.1. The van der Waals surface area contributed by atoms with E-state index in [1.165, 1.54) is 38.5 Å². The summed E-state index contributed by atoms with van der Waals surface area (Å²) in [5, 5.41) is 3.04. The molecule has 1 heterocycles. The van der Waals surface area contributed by atoms with Gasteiger partial charge in [-0.2, -0.15) is 0 Å². The van der Waals surface area contributed by atoms with Crippen molar-refractivity contribution in [2.45, 2.75) is 56.1 Å². The fraction of sp³-hybridized carbons (Fsp3) is 0.636. The summed E-state index contributed by atoms with van der Waals surface area (Å²) in [4.78, 5) is 26.2. The van der Waals surface area contributed by atoms with Crippen LogP contribution in [0, 0.1) is 17.8 Å². The molecule has 27 heavy (non-hydrogen) atoms. The molecule has 1 N–H and O–H groups in total. The van der Waals surface area contributed by atoms with Crippen LogP contribution in [0.2, 0.25) is 0 Å². The molecule has 5 fully saturated rings. The van der Waals surface area contributed by atoms with Gasteiger partial charge in [-0.25, -0.2) is 0 Å². The maximum absolute atomic E-state index is 12.5. The zero-order chi connectivity index (χ0) is 18.4. The van der Waals surface area contributed by atoms with Gasteiger partial charge in [-0.3, -0.25) is 9.59 Å². The Labute approximate surface area is 165 Å². The van der Waals surface area contributed by atoms with Gasteiger partial charge in [0.1, 0.15) is 0 Å². The number of amides is 2. The first-order valence-electron chi connectivity index (χ1n) is 10.4. The molecule has 144 valence electrons. The van der Waals surface area contributed by atoms with E-state index >= 15 is 0 Å². The summed E-state index contributed by atoms with van der Waals surface area (Å²) >= 11 is 1.92. The van der Waals surface area contributed by atoms with Gasteiger partial charge in [-0.1, -0.05) is 0 Å². The molecule has 5 heteroatoms. The quantitative estimate of drug-likeness (QED) is 0.816. The summed E-state index contributed by atoms with van der Waals surface area (Å²) in [5.74, 6) is 3.62. The maximum atomic E-state index is 12.5. The van der Waals surface area contributed by atoms with Crippen LogP contribution >= 0.6 is 11.8 Å². The van der Waals surface area contributed by atoms with Crippen LogP contribution in [0.25, 0.3) is 0 Å². The van der Waals surface area contributed by atoms with Crippen LogP contribution in [0.3, 0.4) is 0 Å². The Bertz CT molecular complexity index is 710. The van der Waals surface area contributed by atoms with Crippen LogP contribution in [0.4, 0.5) is 11.4 Å². The highest BCUT2D eigenvalue weighted by Gasteiger charge is 2.51. The van der Waals surface area contributed by atoms with Crippen molar-refractivity contribution in [1.82, 2.24) is 0 Å². The number of benzene rings is 1. The number of carbonyl (C=O) groups excluding carboxylic acids is 2. The molecule has 1 aromatic carbocycles. The third kappa shape index (κ3) is 3.51. The molecule has 4 aliphatic carbocycles. The Morgan fingerprint density at radius 3 is 2.26 bits per heavy atom. The van der Waals surface area contributed by atoms with E-state index in [1.807, 2.05) is 40.9 Å². The molecule has 0 spiro atoms. The number of nitrogens with zero attached hydrogens (tertiary/aromatic N) is 1. The van der Waals surface area contributed by atoms with Crippen molar-refractivity contribution in [2.24, 2.45) is 17.8 Å². The lowest BCUT2D eigenvalue weighted by Crippen LogP contribution is -2.49. The third-order valence-electron chi connectivity index (χ3n) is 7.03. The van der Waals surface area contributed by atoms with Gasteiger partial charge in [-0.05, 0) is 87.0 Å². The lowest BCUT2D eigenvalue weighted by molar-refractivity contribution is -0.117. The summed E-state index contributed by atoms with van der Waals surface area (Å²) in [5.41, 5.74) is 1.75. The summed E-state index contributed by atoms with van der Waals surface area (Å²) in [6, 6.07) is 7.69. The Morgan fingerprint density at radius 1 is 1.07 bits per heavy atom. The molecule has 2 amide bonds. The highest BCUT2D eigenvalue weighted by molar-refractivity contribution is 8.01. The predicted octanol–water partition coefficient (Wildman–Crippen LogP) is 4.45. The Balaban J connectivity index is 1.16. The molecule has 0 unspecified atom stereocenters. The second-order valence-electron chi connectivity index (χ2n) is 9.13. The van der Waals surface area contributed by atoms with E-state index in [0.717, 1.165) is 42.1 Å². The van der Waals surface area contributed by atoms with E-state index in [1.54, 1.807) is 0 Å². The number of hydrogen-bond acceptors (Lipinski definition) is 3. The third-order valence-corrected chi connectivity index (χ3v) is 8.55. The van der Waals surface area contributed by atoms with Gasteiger partial charge in [0.2, 0.25) is 11.8 Å². The average molecular weight is 385 g/mol. The SMILES string of the molecule is O=C(CSC12CC3CC(CC(C3)C1)C2)Nc1ccc(N2CCCC2=O)cc1. The van der Waals surface area contributed by atoms with E-state index in [-0.39, 0.29) is 11.8 Å².